The van der Waals surface area contributed by atoms with E-state index in [1.54, 1.807) is 22.2 Å². The molecular weight excluding hydrogens is 817 g/mol. The van der Waals surface area contributed by atoms with Gasteiger partial charge in [0.2, 0.25) is 0 Å². The zero-order valence-electron chi connectivity index (χ0n) is 39.0. The van der Waals surface area contributed by atoms with Crippen LogP contribution in [-0.4, -0.2) is 108 Å². The van der Waals surface area contributed by atoms with E-state index in [1.165, 1.54) is 0 Å². The predicted molar refractivity (Wildman–Crippen MR) is 251 cm³/mol. The number of rotatable bonds is 12. The number of hydrogen-bond donors (Lipinski definition) is 0. The second-order valence-corrected chi connectivity index (χ2v) is 20.3. The molecule has 2 aromatic heterocycles. The van der Waals surface area contributed by atoms with Gasteiger partial charge in [-0.2, -0.15) is 0 Å². The summed E-state index contributed by atoms with van der Waals surface area (Å²) in [5.74, 6) is -5.17. The van der Waals surface area contributed by atoms with Crippen molar-refractivity contribution in [1.82, 2.24) is 19.8 Å². The van der Waals surface area contributed by atoms with Gasteiger partial charge in [-0.15, -0.1) is 0 Å². The van der Waals surface area contributed by atoms with E-state index in [4.69, 9.17) is 0 Å². The number of aromatic nitrogens is 2. The Labute approximate surface area is 378 Å². The van der Waals surface area contributed by atoms with E-state index in [2.05, 4.69) is 47.5 Å². The Kier molecular flexibility index (Phi) is 15.4. The maximum atomic E-state index is 14.7. The maximum absolute atomic E-state index is 14.7. The average Bonchev–Trinajstić information content (AvgIpc) is 3.23. The van der Waals surface area contributed by atoms with Gasteiger partial charge < -0.3 is 19.6 Å². The summed E-state index contributed by atoms with van der Waals surface area (Å²) in [6, 6.07) is 16.4. The predicted octanol–water partition coefficient (Wildman–Crippen LogP) is 10.9. The number of aryl methyl sites for hydroxylation is 2. The highest BCUT2D eigenvalue weighted by Gasteiger charge is 2.43. The second kappa shape index (κ2) is 20.6. The highest BCUT2D eigenvalue weighted by molar-refractivity contribution is 5.95. The van der Waals surface area contributed by atoms with Crippen LogP contribution in [0.1, 0.15) is 103 Å². The number of carbonyl (C=O) groups excluding carboxylic acids is 2. The lowest BCUT2D eigenvalue weighted by molar-refractivity contribution is -0.123. The summed E-state index contributed by atoms with van der Waals surface area (Å²) < 4.78 is 58.9. The zero-order chi connectivity index (χ0) is 45.8. The Balaban J connectivity index is 0.000000191. The van der Waals surface area contributed by atoms with E-state index in [-0.39, 0.29) is 62.2 Å². The third kappa shape index (κ3) is 12.2. The Morgan fingerprint density at radius 1 is 0.578 bits per heavy atom. The number of likely N-dealkylation sites (tertiary alicyclic amines) is 2. The third-order valence-corrected chi connectivity index (χ3v) is 14.4. The number of pyridine rings is 2. The standard InChI is InChI=1S/2C26H35F2N3O/c2*1-18(2)30-11-8-20(9-12-30)13-22(32)14-21-15-26(27,28)17-31(16-21)24-7-6-19(3)25-23(24)5-4-10-29-25/h2*4-7,10,18,20-21H,8-9,11-17H2,1-3H3/t2*21-/m10/s1. The fourth-order valence-electron chi connectivity index (χ4n) is 11.0. The molecule has 0 unspecified atom stereocenters. The molecule has 64 heavy (non-hydrogen) atoms. The number of alkyl halides is 4. The van der Waals surface area contributed by atoms with E-state index in [0.717, 1.165) is 96.2 Å². The summed E-state index contributed by atoms with van der Waals surface area (Å²) in [7, 11) is 0. The third-order valence-electron chi connectivity index (χ3n) is 14.4. The summed E-state index contributed by atoms with van der Waals surface area (Å²) in [4.78, 5) is 43.0. The highest BCUT2D eigenvalue weighted by atomic mass is 19.3. The molecule has 12 heteroatoms. The molecule has 4 saturated heterocycles. The largest absolute Gasteiger partial charge is 0.365 e. The minimum Gasteiger partial charge on any atom is -0.365 e. The quantitative estimate of drug-likeness (QED) is 0.130. The lowest BCUT2D eigenvalue weighted by Gasteiger charge is -2.39. The van der Waals surface area contributed by atoms with Gasteiger partial charge in [0.05, 0.1) is 24.1 Å². The molecule has 0 spiro atoms. The number of nitrogens with zero attached hydrogens (tertiary/aromatic N) is 6. The number of hydrogen-bond acceptors (Lipinski definition) is 8. The van der Waals surface area contributed by atoms with Crippen molar-refractivity contribution >= 4 is 44.7 Å². The summed E-state index contributed by atoms with van der Waals surface area (Å²) in [6.45, 7) is 17.2. The van der Waals surface area contributed by atoms with Crippen LogP contribution in [0.15, 0.2) is 60.9 Å². The lowest BCUT2D eigenvalue weighted by atomic mass is 9.85. The first kappa shape index (κ1) is 47.8. The van der Waals surface area contributed by atoms with Gasteiger partial charge in [-0.1, -0.05) is 12.1 Å². The number of benzene rings is 2. The van der Waals surface area contributed by atoms with Crippen molar-refractivity contribution in [3.63, 3.8) is 0 Å². The monoisotopic (exact) mass is 887 g/mol. The van der Waals surface area contributed by atoms with Crippen molar-refractivity contribution in [2.45, 2.75) is 130 Å². The van der Waals surface area contributed by atoms with Crippen LogP contribution in [-0.2, 0) is 9.59 Å². The summed E-state index contributed by atoms with van der Waals surface area (Å²) in [5, 5.41) is 1.79. The molecule has 4 aliphatic heterocycles. The number of piperidine rings is 4. The molecule has 0 aliphatic carbocycles. The number of ketones is 2. The molecule has 348 valence electrons. The molecule has 0 N–H and O–H groups in total. The van der Waals surface area contributed by atoms with Crippen LogP contribution in [0.3, 0.4) is 0 Å². The van der Waals surface area contributed by atoms with Gasteiger partial charge in [0, 0.05) is 98.2 Å². The number of fused-ring (bicyclic) bond motifs is 2. The zero-order valence-corrected chi connectivity index (χ0v) is 39.0. The molecule has 4 aromatic rings. The smallest absolute Gasteiger partial charge is 0.265 e. The Bertz CT molecular complexity index is 2060. The molecule has 2 atom stereocenters. The van der Waals surface area contributed by atoms with Crippen LogP contribution in [0.2, 0.25) is 0 Å². The van der Waals surface area contributed by atoms with Gasteiger partial charge in [-0.05, 0) is 165 Å². The first-order valence-corrected chi connectivity index (χ1v) is 23.9. The molecule has 4 fully saturated rings. The van der Waals surface area contributed by atoms with Gasteiger partial charge in [-0.3, -0.25) is 19.6 Å². The van der Waals surface area contributed by atoms with E-state index < -0.39 is 11.8 Å². The maximum Gasteiger partial charge on any atom is 0.265 e. The number of Topliss-reactive ketones (excluding diaryl/α,β-unsaturated/α-hetero) is 2. The van der Waals surface area contributed by atoms with Crippen LogP contribution in [0, 0.1) is 37.5 Å². The van der Waals surface area contributed by atoms with E-state index >= 15 is 0 Å². The van der Waals surface area contributed by atoms with Gasteiger partial charge in [-0.25, -0.2) is 17.6 Å². The molecule has 2 aromatic carbocycles. The fraction of sp³-hybridized carbons (Fsp3) is 0.615. The summed E-state index contributed by atoms with van der Waals surface area (Å²) in [6.07, 6.45) is 8.73. The molecule has 0 amide bonds. The van der Waals surface area contributed by atoms with Crippen molar-refractivity contribution in [2.24, 2.45) is 23.7 Å². The first-order valence-electron chi connectivity index (χ1n) is 23.9. The van der Waals surface area contributed by atoms with Crippen molar-refractivity contribution in [3.8, 4) is 0 Å². The van der Waals surface area contributed by atoms with Crippen molar-refractivity contribution in [3.05, 3.63) is 72.1 Å². The van der Waals surface area contributed by atoms with Crippen LogP contribution in [0.25, 0.3) is 21.8 Å². The minimum atomic E-state index is -2.80. The first-order chi connectivity index (χ1) is 30.4. The molecule has 6 heterocycles. The van der Waals surface area contributed by atoms with Gasteiger partial charge in [0.25, 0.3) is 11.8 Å². The number of anilines is 2. The minimum absolute atomic E-state index is 0.145. The van der Waals surface area contributed by atoms with Gasteiger partial charge >= 0.3 is 0 Å². The van der Waals surface area contributed by atoms with Gasteiger partial charge in [0.15, 0.2) is 0 Å². The molecule has 0 bridgehead atoms. The summed E-state index contributed by atoms with van der Waals surface area (Å²) >= 11 is 0. The Morgan fingerprint density at radius 2 is 0.938 bits per heavy atom. The number of carbonyl (C=O) groups is 2. The van der Waals surface area contributed by atoms with Crippen LogP contribution in [0.4, 0.5) is 28.9 Å². The van der Waals surface area contributed by atoms with Crippen molar-refractivity contribution in [1.29, 1.82) is 0 Å². The second-order valence-electron chi connectivity index (χ2n) is 20.3. The SMILES string of the molecule is Cc1ccc(N2C[C@@H](CC(=O)CC3CCN(C(C)C)CC3)CC(F)(F)C2)c2cccnc12.Cc1ccc(N2C[C@H](CC(=O)CC3CCN(C(C)C)CC3)CC(F)(F)C2)c2cccnc12. The normalized spacial score (nSPS) is 22.6. The van der Waals surface area contributed by atoms with E-state index in [1.807, 2.05) is 62.4 Å². The van der Waals surface area contributed by atoms with Crippen LogP contribution < -0.4 is 9.80 Å². The number of halogens is 4. The molecule has 0 saturated carbocycles. The molecule has 8 nitrogen and oxygen atoms in total. The van der Waals surface area contributed by atoms with Crippen LogP contribution in [0.5, 0.6) is 0 Å². The average molecular weight is 887 g/mol. The topological polar surface area (TPSA) is 72.9 Å². The Morgan fingerprint density at radius 3 is 1.30 bits per heavy atom. The fourth-order valence-corrected chi connectivity index (χ4v) is 11.0. The van der Waals surface area contributed by atoms with Crippen molar-refractivity contribution < 1.29 is 27.2 Å². The van der Waals surface area contributed by atoms with Gasteiger partial charge in [0.1, 0.15) is 11.6 Å². The summed E-state index contributed by atoms with van der Waals surface area (Å²) in [5.41, 5.74) is 5.33. The lowest BCUT2D eigenvalue weighted by Crippen LogP contribution is -2.47. The van der Waals surface area contributed by atoms with E-state index in [0.29, 0.717) is 49.9 Å². The molecule has 0 radical (unpaired) electrons. The Hall–Kier alpha value is -4.16. The van der Waals surface area contributed by atoms with E-state index in [9.17, 15) is 27.2 Å². The van der Waals surface area contributed by atoms with Crippen molar-refractivity contribution in [2.75, 3.05) is 62.2 Å². The molecule has 4 aliphatic rings. The highest BCUT2D eigenvalue weighted by Crippen LogP contribution is 2.40. The molecular formula is C52H70F4N6O2. The van der Waals surface area contributed by atoms with Crippen LogP contribution >= 0.6 is 0 Å². The molecule has 8 rings (SSSR count).